The molecule has 0 aliphatic heterocycles. The highest BCUT2D eigenvalue weighted by Crippen LogP contribution is 2.36. The molecule has 0 atom stereocenters. The molecule has 0 spiro atoms. The standard InChI is InChI=1S/C9H10BrN3/c1-2-7-3-9(4-7)13-6-8(5-10)11-12-13/h1,6-7,9H,3-5H2. The molecule has 1 aliphatic carbocycles. The van der Waals surface area contributed by atoms with E-state index in [1.165, 1.54) is 0 Å². The minimum atomic E-state index is 0.446. The van der Waals surface area contributed by atoms with Gasteiger partial charge in [0.1, 0.15) is 0 Å². The normalized spacial score (nSPS) is 26.5. The second kappa shape index (κ2) is 3.51. The molecule has 0 N–H and O–H groups in total. The van der Waals surface area contributed by atoms with E-state index in [0.717, 1.165) is 23.9 Å². The Kier molecular flexibility index (Phi) is 2.36. The van der Waals surface area contributed by atoms with E-state index in [0.29, 0.717) is 12.0 Å². The lowest BCUT2D eigenvalue weighted by Gasteiger charge is -2.31. The van der Waals surface area contributed by atoms with Gasteiger partial charge in [0.05, 0.1) is 11.7 Å². The van der Waals surface area contributed by atoms with E-state index < -0.39 is 0 Å². The Balaban J connectivity index is 2.00. The number of terminal acetylenes is 1. The molecule has 3 nitrogen and oxygen atoms in total. The highest BCUT2D eigenvalue weighted by atomic mass is 79.9. The molecule has 2 rings (SSSR count). The van der Waals surface area contributed by atoms with Crippen molar-refractivity contribution in [3.8, 4) is 12.3 Å². The smallest absolute Gasteiger partial charge is 0.0932 e. The van der Waals surface area contributed by atoms with Crippen molar-refractivity contribution < 1.29 is 0 Å². The lowest BCUT2D eigenvalue weighted by atomic mass is 9.81. The zero-order valence-electron chi connectivity index (χ0n) is 7.15. The van der Waals surface area contributed by atoms with E-state index in [-0.39, 0.29) is 0 Å². The Bertz CT molecular complexity index is 333. The van der Waals surface area contributed by atoms with Gasteiger partial charge in [0.15, 0.2) is 0 Å². The highest BCUT2D eigenvalue weighted by Gasteiger charge is 2.29. The van der Waals surface area contributed by atoms with E-state index in [1.54, 1.807) is 0 Å². The van der Waals surface area contributed by atoms with Crippen molar-refractivity contribution in [3.63, 3.8) is 0 Å². The van der Waals surface area contributed by atoms with Crippen LogP contribution in [-0.4, -0.2) is 15.0 Å². The van der Waals surface area contributed by atoms with Crippen molar-refractivity contribution in [2.24, 2.45) is 5.92 Å². The summed E-state index contributed by atoms with van der Waals surface area (Å²) in [7, 11) is 0. The average molecular weight is 240 g/mol. The van der Waals surface area contributed by atoms with Crippen molar-refractivity contribution >= 4 is 15.9 Å². The van der Waals surface area contributed by atoms with E-state index in [2.05, 4.69) is 32.2 Å². The molecular weight excluding hydrogens is 230 g/mol. The van der Waals surface area contributed by atoms with Crippen LogP contribution in [0, 0.1) is 18.3 Å². The lowest BCUT2D eigenvalue weighted by molar-refractivity contribution is 0.228. The van der Waals surface area contributed by atoms with Crippen molar-refractivity contribution in [1.82, 2.24) is 15.0 Å². The highest BCUT2D eigenvalue weighted by molar-refractivity contribution is 9.08. The van der Waals surface area contributed by atoms with Crippen molar-refractivity contribution in [2.75, 3.05) is 0 Å². The van der Waals surface area contributed by atoms with Crippen LogP contribution in [0.1, 0.15) is 24.6 Å². The van der Waals surface area contributed by atoms with Gasteiger partial charge in [-0.3, -0.25) is 0 Å². The molecule has 13 heavy (non-hydrogen) atoms. The van der Waals surface area contributed by atoms with Crippen molar-refractivity contribution in [3.05, 3.63) is 11.9 Å². The van der Waals surface area contributed by atoms with Crippen LogP contribution in [0.25, 0.3) is 0 Å². The first-order valence-electron chi connectivity index (χ1n) is 4.26. The quantitative estimate of drug-likeness (QED) is 0.582. The minimum absolute atomic E-state index is 0.446. The summed E-state index contributed by atoms with van der Waals surface area (Å²) in [5.74, 6) is 3.20. The van der Waals surface area contributed by atoms with Crippen LogP contribution in [-0.2, 0) is 5.33 Å². The Morgan fingerprint density at radius 3 is 3.00 bits per heavy atom. The Hall–Kier alpha value is -0.820. The monoisotopic (exact) mass is 239 g/mol. The topological polar surface area (TPSA) is 30.7 Å². The maximum atomic E-state index is 5.30. The van der Waals surface area contributed by atoms with Crippen LogP contribution in [0.3, 0.4) is 0 Å². The molecule has 68 valence electrons. The Morgan fingerprint density at radius 2 is 2.46 bits per heavy atom. The molecule has 0 amide bonds. The van der Waals surface area contributed by atoms with Crippen LogP contribution < -0.4 is 0 Å². The van der Waals surface area contributed by atoms with E-state index >= 15 is 0 Å². The maximum Gasteiger partial charge on any atom is 0.0932 e. The third-order valence-electron chi connectivity index (χ3n) is 2.42. The van der Waals surface area contributed by atoms with Crippen LogP contribution in [0.2, 0.25) is 0 Å². The third kappa shape index (κ3) is 1.61. The summed E-state index contributed by atoms with van der Waals surface area (Å²) in [6.45, 7) is 0. The van der Waals surface area contributed by atoms with Gasteiger partial charge in [-0.15, -0.1) is 17.4 Å². The molecule has 0 saturated heterocycles. The number of halogens is 1. The molecule has 1 aliphatic rings. The number of alkyl halides is 1. The SMILES string of the molecule is C#CC1CC(n2cc(CBr)nn2)C1. The van der Waals surface area contributed by atoms with E-state index in [1.807, 2.05) is 10.9 Å². The van der Waals surface area contributed by atoms with Gasteiger partial charge < -0.3 is 0 Å². The van der Waals surface area contributed by atoms with E-state index in [9.17, 15) is 0 Å². The summed E-state index contributed by atoms with van der Waals surface area (Å²) in [4.78, 5) is 0. The second-order valence-electron chi connectivity index (χ2n) is 3.31. The molecule has 0 bridgehead atoms. The summed E-state index contributed by atoms with van der Waals surface area (Å²) in [5, 5.41) is 8.81. The van der Waals surface area contributed by atoms with Gasteiger partial charge in [-0.25, -0.2) is 4.68 Å². The molecule has 1 aromatic heterocycles. The minimum Gasteiger partial charge on any atom is -0.249 e. The van der Waals surface area contributed by atoms with Crippen molar-refractivity contribution in [1.29, 1.82) is 0 Å². The van der Waals surface area contributed by atoms with Gasteiger partial charge in [0, 0.05) is 17.4 Å². The summed E-state index contributed by atoms with van der Waals surface area (Å²) in [6.07, 6.45) is 9.37. The molecule has 0 radical (unpaired) electrons. The fourth-order valence-electron chi connectivity index (χ4n) is 1.49. The first kappa shape index (κ1) is 8.76. The Labute approximate surface area is 85.6 Å². The van der Waals surface area contributed by atoms with Gasteiger partial charge in [0.25, 0.3) is 0 Å². The summed E-state index contributed by atoms with van der Waals surface area (Å²) < 4.78 is 1.92. The van der Waals surface area contributed by atoms with Crippen LogP contribution in [0.5, 0.6) is 0 Å². The van der Waals surface area contributed by atoms with Gasteiger partial charge >= 0.3 is 0 Å². The number of nitrogens with zero attached hydrogens (tertiary/aromatic N) is 3. The predicted molar refractivity (Wildman–Crippen MR) is 53.2 cm³/mol. The average Bonchev–Trinajstić information content (AvgIpc) is 2.51. The van der Waals surface area contributed by atoms with Gasteiger partial charge in [-0.05, 0) is 12.8 Å². The van der Waals surface area contributed by atoms with E-state index in [4.69, 9.17) is 6.42 Å². The third-order valence-corrected chi connectivity index (χ3v) is 2.99. The summed E-state index contributed by atoms with van der Waals surface area (Å²) in [6, 6.07) is 0.473. The number of rotatable bonds is 2. The lowest BCUT2D eigenvalue weighted by Crippen LogP contribution is -2.26. The number of hydrogen-bond donors (Lipinski definition) is 0. The zero-order chi connectivity index (χ0) is 9.26. The largest absolute Gasteiger partial charge is 0.249 e. The van der Waals surface area contributed by atoms with Crippen molar-refractivity contribution in [2.45, 2.75) is 24.2 Å². The molecule has 1 heterocycles. The van der Waals surface area contributed by atoms with Crippen LogP contribution >= 0.6 is 15.9 Å². The zero-order valence-corrected chi connectivity index (χ0v) is 8.74. The van der Waals surface area contributed by atoms with Crippen LogP contribution in [0.15, 0.2) is 6.20 Å². The fraction of sp³-hybridized carbons (Fsp3) is 0.556. The number of hydrogen-bond acceptors (Lipinski definition) is 2. The first-order valence-corrected chi connectivity index (χ1v) is 5.38. The fourth-order valence-corrected chi connectivity index (χ4v) is 1.75. The van der Waals surface area contributed by atoms with Gasteiger partial charge in [0.2, 0.25) is 0 Å². The molecule has 0 aromatic carbocycles. The maximum absolute atomic E-state index is 5.30. The molecule has 0 unspecified atom stereocenters. The summed E-state index contributed by atoms with van der Waals surface area (Å²) in [5.41, 5.74) is 0.976. The predicted octanol–water partition coefficient (Wildman–Crippen LogP) is 1.76. The Morgan fingerprint density at radius 1 is 1.69 bits per heavy atom. The molecular formula is C9H10BrN3. The summed E-state index contributed by atoms with van der Waals surface area (Å²) >= 11 is 3.34. The van der Waals surface area contributed by atoms with Gasteiger partial charge in [-0.1, -0.05) is 21.1 Å². The molecule has 1 saturated carbocycles. The van der Waals surface area contributed by atoms with Gasteiger partial charge in [-0.2, -0.15) is 0 Å². The second-order valence-corrected chi connectivity index (χ2v) is 3.87. The molecule has 1 aromatic rings. The molecule has 4 heteroatoms. The van der Waals surface area contributed by atoms with Crippen LogP contribution in [0.4, 0.5) is 0 Å². The first-order chi connectivity index (χ1) is 6.33. The molecule has 1 fully saturated rings. The number of aromatic nitrogens is 3.